The quantitative estimate of drug-likeness (QED) is 0.779. The molecule has 1 aliphatic heterocycles. The summed E-state index contributed by atoms with van der Waals surface area (Å²) < 4.78 is 5.81. The molecule has 0 aromatic carbocycles. The van der Waals surface area contributed by atoms with Crippen molar-refractivity contribution >= 4 is 0 Å². The standard InChI is InChI=1S/C15H30N2O/c1-3-13-5-4-6-14(8-7-13)17-9-10-18-15(12-17)11-16-2/h13-16H,3-12H2,1-2H3. The topological polar surface area (TPSA) is 24.5 Å². The summed E-state index contributed by atoms with van der Waals surface area (Å²) in [5.41, 5.74) is 0. The Morgan fingerprint density at radius 3 is 2.89 bits per heavy atom. The van der Waals surface area contributed by atoms with Gasteiger partial charge >= 0.3 is 0 Å². The second-order valence-corrected chi connectivity index (χ2v) is 5.98. The van der Waals surface area contributed by atoms with Crippen molar-refractivity contribution in [3.8, 4) is 0 Å². The van der Waals surface area contributed by atoms with E-state index in [1.807, 2.05) is 7.05 Å². The molecule has 0 aromatic rings. The highest BCUT2D eigenvalue weighted by atomic mass is 16.5. The number of likely N-dealkylation sites (N-methyl/N-ethyl adjacent to an activating group) is 1. The Bertz CT molecular complexity index is 233. The third-order valence-corrected chi connectivity index (χ3v) is 4.75. The zero-order valence-electron chi connectivity index (χ0n) is 12.2. The molecule has 0 radical (unpaired) electrons. The van der Waals surface area contributed by atoms with Crippen LogP contribution < -0.4 is 5.32 Å². The molecule has 0 aromatic heterocycles. The molecule has 2 aliphatic rings. The number of nitrogens with one attached hydrogen (secondary N) is 1. The van der Waals surface area contributed by atoms with Gasteiger partial charge in [0.15, 0.2) is 0 Å². The molecule has 1 heterocycles. The average molecular weight is 254 g/mol. The van der Waals surface area contributed by atoms with Crippen molar-refractivity contribution in [1.82, 2.24) is 10.2 Å². The maximum Gasteiger partial charge on any atom is 0.0826 e. The SMILES string of the molecule is CCC1CCCC(N2CCOC(CNC)C2)CC1. The van der Waals surface area contributed by atoms with Crippen LogP contribution in [0.1, 0.15) is 45.4 Å². The first kappa shape index (κ1) is 14.3. The van der Waals surface area contributed by atoms with Crippen LogP contribution in [0.4, 0.5) is 0 Å². The molecule has 1 aliphatic carbocycles. The van der Waals surface area contributed by atoms with Crippen LogP contribution in [0.2, 0.25) is 0 Å². The second kappa shape index (κ2) is 7.46. The summed E-state index contributed by atoms with van der Waals surface area (Å²) in [5, 5.41) is 3.24. The molecule has 0 bridgehead atoms. The minimum absolute atomic E-state index is 0.397. The number of hydrogen-bond donors (Lipinski definition) is 1. The highest BCUT2D eigenvalue weighted by Gasteiger charge is 2.27. The second-order valence-electron chi connectivity index (χ2n) is 5.98. The molecule has 1 saturated carbocycles. The van der Waals surface area contributed by atoms with Gasteiger partial charge < -0.3 is 10.1 Å². The minimum Gasteiger partial charge on any atom is -0.374 e. The van der Waals surface area contributed by atoms with Gasteiger partial charge in [-0.15, -0.1) is 0 Å². The lowest BCUT2D eigenvalue weighted by molar-refractivity contribution is -0.0433. The van der Waals surface area contributed by atoms with Crippen LogP contribution in [0.15, 0.2) is 0 Å². The smallest absolute Gasteiger partial charge is 0.0826 e. The lowest BCUT2D eigenvalue weighted by atomic mass is 9.97. The molecule has 3 unspecified atom stereocenters. The number of ether oxygens (including phenoxy) is 1. The summed E-state index contributed by atoms with van der Waals surface area (Å²) in [7, 11) is 2.01. The van der Waals surface area contributed by atoms with E-state index in [9.17, 15) is 0 Å². The van der Waals surface area contributed by atoms with Crippen LogP contribution in [0.5, 0.6) is 0 Å². The van der Waals surface area contributed by atoms with E-state index in [0.29, 0.717) is 6.10 Å². The normalized spacial score (nSPS) is 35.3. The van der Waals surface area contributed by atoms with Gasteiger partial charge in [0.25, 0.3) is 0 Å². The van der Waals surface area contributed by atoms with E-state index in [1.54, 1.807) is 0 Å². The molecule has 2 fully saturated rings. The molecule has 2 rings (SSSR count). The van der Waals surface area contributed by atoms with Crippen LogP contribution in [-0.2, 0) is 4.74 Å². The number of nitrogens with zero attached hydrogens (tertiary/aromatic N) is 1. The fourth-order valence-corrected chi connectivity index (χ4v) is 3.56. The van der Waals surface area contributed by atoms with Crippen molar-refractivity contribution in [1.29, 1.82) is 0 Å². The summed E-state index contributed by atoms with van der Waals surface area (Å²) in [6, 6.07) is 0.824. The summed E-state index contributed by atoms with van der Waals surface area (Å²) in [6.45, 7) is 6.52. The summed E-state index contributed by atoms with van der Waals surface area (Å²) >= 11 is 0. The summed E-state index contributed by atoms with van der Waals surface area (Å²) in [5.74, 6) is 0.990. The van der Waals surface area contributed by atoms with E-state index < -0.39 is 0 Å². The molecule has 0 amide bonds. The zero-order valence-corrected chi connectivity index (χ0v) is 12.2. The Labute approximate surface area is 112 Å². The highest BCUT2D eigenvalue weighted by molar-refractivity contribution is 4.82. The highest BCUT2D eigenvalue weighted by Crippen LogP contribution is 2.28. The lowest BCUT2D eigenvalue weighted by Crippen LogP contribution is -2.50. The van der Waals surface area contributed by atoms with Crippen molar-refractivity contribution in [2.45, 2.75) is 57.6 Å². The van der Waals surface area contributed by atoms with E-state index in [1.165, 1.54) is 38.5 Å². The molecule has 1 N–H and O–H groups in total. The van der Waals surface area contributed by atoms with Gasteiger partial charge in [-0.2, -0.15) is 0 Å². The van der Waals surface area contributed by atoms with E-state index in [4.69, 9.17) is 4.74 Å². The van der Waals surface area contributed by atoms with Crippen molar-refractivity contribution in [3.05, 3.63) is 0 Å². The van der Waals surface area contributed by atoms with Gasteiger partial charge in [0.05, 0.1) is 12.7 Å². The van der Waals surface area contributed by atoms with Crippen LogP contribution in [-0.4, -0.2) is 50.3 Å². The van der Waals surface area contributed by atoms with Crippen molar-refractivity contribution in [2.24, 2.45) is 5.92 Å². The van der Waals surface area contributed by atoms with E-state index in [2.05, 4.69) is 17.1 Å². The Hall–Kier alpha value is -0.120. The van der Waals surface area contributed by atoms with Gasteiger partial charge in [0, 0.05) is 25.7 Å². The van der Waals surface area contributed by atoms with Gasteiger partial charge in [-0.25, -0.2) is 0 Å². The van der Waals surface area contributed by atoms with Crippen LogP contribution >= 0.6 is 0 Å². The van der Waals surface area contributed by atoms with Gasteiger partial charge in [0.1, 0.15) is 0 Å². The molecular weight excluding hydrogens is 224 g/mol. The monoisotopic (exact) mass is 254 g/mol. The third-order valence-electron chi connectivity index (χ3n) is 4.75. The first-order valence-electron chi connectivity index (χ1n) is 7.83. The minimum atomic E-state index is 0.397. The van der Waals surface area contributed by atoms with Crippen molar-refractivity contribution in [3.63, 3.8) is 0 Å². The Kier molecular flexibility index (Phi) is 5.93. The molecule has 3 heteroatoms. The van der Waals surface area contributed by atoms with Gasteiger partial charge in [-0.05, 0) is 32.2 Å². The maximum atomic E-state index is 5.81. The molecule has 1 saturated heterocycles. The molecule has 106 valence electrons. The maximum absolute atomic E-state index is 5.81. The molecule has 3 atom stereocenters. The predicted octanol–water partition coefficient (Wildman–Crippen LogP) is 2.27. The van der Waals surface area contributed by atoms with E-state index in [-0.39, 0.29) is 0 Å². The van der Waals surface area contributed by atoms with Crippen LogP contribution in [0.25, 0.3) is 0 Å². The fourth-order valence-electron chi connectivity index (χ4n) is 3.56. The molecule has 18 heavy (non-hydrogen) atoms. The van der Waals surface area contributed by atoms with Gasteiger partial charge in [-0.3, -0.25) is 4.90 Å². The number of morpholine rings is 1. The van der Waals surface area contributed by atoms with Gasteiger partial charge in [-0.1, -0.05) is 26.2 Å². The van der Waals surface area contributed by atoms with Crippen molar-refractivity contribution in [2.75, 3.05) is 33.3 Å². The van der Waals surface area contributed by atoms with Crippen LogP contribution in [0, 0.1) is 5.92 Å². The number of rotatable bonds is 4. The first-order chi connectivity index (χ1) is 8.83. The average Bonchev–Trinajstić information content (AvgIpc) is 2.65. The zero-order chi connectivity index (χ0) is 12.8. The largest absolute Gasteiger partial charge is 0.374 e. The van der Waals surface area contributed by atoms with Crippen molar-refractivity contribution < 1.29 is 4.74 Å². The molecular formula is C15H30N2O. The third kappa shape index (κ3) is 3.94. The van der Waals surface area contributed by atoms with E-state index in [0.717, 1.165) is 38.2 Å². The summed E-state index contributed by atoms with van der Waals surface area (Å²) in [6.07, 6.45) is 8.91. The van der Waals surface area contributed by atoms with E-state index >= 15 is 0 Å². The Morgan fingerprint density at radius 2 is 2.11 bits per heavy atom. The molecule has 0 spiro atoms. The molecule has 3 nitrogen and oxygen atoms in total. The van der Waals surface area contributed by atoms with Crippen LogP contribution in [0.3, 0.4) is 0 Å². The predicted molar refractivity (Wildman–Crippen MR) is 75.9 cm³/mol. The first-order valence-corrected chi connectivity index (χ1v) is 7.83. The Morgan fingerprint density at radius 1 is 1.22 bits per heavy atom. The lowest BCUT2D eigenvalue weighted by Gasteiger charge is -2.38. The number of hydrogen-bond acceptors (Lipinski definition) is 3. The fraction of sp³-hybridized carbons (Fsp3) is 1.00. The van der Waals surface area contributed by atoms with Gasteiger partial charge in [0.2, 0.25) is 0 Å². The summed E-state index contributed by atoms with van der Waals surface area (Å²) in [4.78, 5) is 2.70. The Balaban J connectivity index is 1.82.